The first-order chi connectivity index (χ1) is 15.5. The van der Waals surface area contributed by atoms with Crippen LogP contribution in [0, 0.1) is 0 Å². The monoisotopic (exact) mass is 471 g/mol. The first kappa shape index (κ1) is 22.6. The van der Waals surface area contributed by atoms with Gasteiger partial charge in [-0.15, -0.1) is 0 Å². The zero-order chi connectivity index (χ0) is 24.0. The smallest absolute Gasteiger partial charge is 0.425 e. The number of alkyl halides is 6. The molecule has 2 heterocycles. The molecule has 0 bridgehead atoms. The normalized spacial score (nSPS) is 14.8. The number of anilines is 1. The number of hydrogen-bond donors (Lipinski definition) is 0. The molecule has 1 aromatic heterocycles. The van der Waals surface area contributed by atoms with Crippen LogP contribution < -0.4 is 9.64 Å². The molecular weight excluding hydrogens is 456 g/mol. The van der Waals surface area contributed by atoms with Crippen molar-refractivity contribution < 1.29 is 40.4 Å². The Morgan fingerprint density at radius 1 is 1.15 bits per heavy atom. The maximum absolute atomic E-state index is 13.5. The highest BCUT2D eigenvalue weighted by Crippen LogP contribution is 2.41. The first-order valence-electron chi connectivity index (χ1n) is 9.62. The molecule has 2 aromatic carbocycles. The number of hydrogen-bond acceptors (Lipinski definition) is 5. The standard InChI is InChI=1S/C21H15F6N3O3/c1-11(20(22,23)24)32-17-6-5-12(9-15(17)21(25,26)27)19-28-18(29-33-19)14-3-2-4-16-13(14)7-8-30(16)10-31/h2-6,9-11H,7-8H2,1H3. The molecule has 6 nitrogen and oxygen atoms in total. The molecule has 1 unspecified atom stereocenters. The Balaban J connectivity index is 1.69. The minimum atomic E-state index is -4.99. The van der Waals surface area contributed by atoms with Crippen LogP contribution >= 0.6 is 0 Å². The van der Waals surface area contributed by atoms with Gasteiger partial charge in [0.25, 0.3) is 5.89 Å². The van der Waals surface area contributed by atoms with Crippen molar-refractivity contribution in [3.8, 4) is 28.6 Å². The first-order valence-corrected chi connectivity index (χ1v) is 9.62. The number of benzene rings is 2. The highest BCUT2D eigenvalue weighted by molar-refractivity contribution is 5.84. The molecule has 4 rings (SSSR count). The van der Waals surface area contributed by atoms with E-state index in [0.29, 0.717) is 43.6 Å². The number of amides is 1. The minimum absolute atomic E-state index is 0.106. The fraction of sp³-hybridized carbons (Fsp3) is 0.286. The Labute approximate surface area is 182 Å². The number of fused-ring (bicyclic) bond motifs is 1. The second-order valence-electron chi connectivity index (χ2n) is 7.29. The zero-order valence-electron chi connectivity index (χ0n) is 16.9. The molecule has 1 atom stereocenters. The van der Waals surface area contributed by atoms with Crippen LogP contribution in [0.25, 0.3) is 22.8 Å². The number of nitrogens with zero attached hydrogens (tertiary/aromatic N) is 3. The summed E-state index contributed by atoms with van der Waals surface area (Å²) in [7, 11) is 0. The van der Waals surface area contributed by atoms with Gasteiger partial charge in [-0.3, -0.25) is 4.79 Å². The second-order valence-corrected chi connectivity index (χ2v) is 7.29. The van der Waals surface area contributed by atoms with Crippen molar-refractivity contribution in [3.05, 3.63) is 47.5 Å². The number of halogens is 6. The molecule has 0 saturated carbocycles. The van der Waals surface area contributed by atoms with Crippen LogP contribution in [0.5, 0.6) is 5.75 Å². The van der Waals surface area contributed by atoms with Crippen LogP contribution in [0.3, 0.4) is 0 Å². The number of ether oxygens (including phenoxy) is 1. The van der Waals surface area contributed by atoms with E-state index >= 15 is 0 Å². The third-order valence-corrected chi connectivity index (χ3v) is 5.15. The van der Waals surface area contributed by atoms with Crippen LogP contribution in [0.2, 0.25) is 0 Å². The molecule has 3 aromatic rings. The highest BCUT2D eigenvalue weighted by Gasteiger charge is 2.41. The van der Waals surface area contributed by atoms with Crippen molar-refractivity contribution in [2.75, 3.05) is 11.4 Å². The fourth-order valence-corrected chi connectivity index (χ4v) is 3.47. The lowest BCUT2D eigenvalue weighted by Crippen LogP contribution is -2.31. The van der Waals surface area contributed by atoms with Crippen LogP contribution in [0.4, 0.5) is 32.0 Å². The molecule has 33 heavy (non-hydrogen) atoms. The van der Waals surface area contributed by atoms with Gasteiger partial charge in [-0.2, -0.15) is 31.3 Å². The largest absolute Gasteiger partial charge is 0.481 e. The van der Waals surface area contributed by atoms with Crippen molar-refractivity contribution in [1.29, 1.82) is 0 Å². The third kappa shape index (κ3) is 4.37. The summed E-state index contributed by atoms with van der Waals surface area (Å²) in [5.41, 5.74) is 0.474. The fourth-order valence-electron chi connectivity index (χ4n) is 3.47. The molecule has 0 aliphatic carbocycles. The maximum atomic E-state index is 13.5. The van der Waals surface area contributed by atoms with Crippen LogP contribution in [0.1, 0.15) is 18.1 Å². The van der Waals surface area contributed by atoms with E-state index in [2.05, 4.69) is 14.9 Å². The number of aromatic nitrogens is 2. The van der Waals surface area contributed by atoms with E-state index in [1.165, 1.54) is 4.90 Å². The maximum Gasteiger partial charge on any atom is 0.425 e. The Bertz CT molecular complexity index is 1190. The molecule has 0 spiro atoms. The average molecular weight is 471 g/mol. The summed E-state index contributed by atoms with van der Waals surface area (Å²) in [6, 6.07) is 7.61. The van der Waals surface area contributed by atoms with Gasteiger partial charge in [-0.1, -0.05) is 17.3 Å². The quantitative estimate of drug-likeness (QED) is 0.375. The lowest BCUT2D eigenvalue weighted by atomic mass is 10.0. The predicted molar refractivity (Wildman–Crippen MR) is 103 cm³/mol. The molecule has 12 heteroatoms. The molecule has 0 fully saturated rings. The third-order valence-electron chi connectivity index (χ3n) is 5.15. The van der Waals surface area contributed by atoms with Gasteiger partial charge in [0.1, 0.15) is 5.75 Å². The van der Waals surface area contributed by atoms with E-state index in [1.807, 2.05) is 0 Å². The second kappa shape index (κ2) is 8.09. The van der Waals surface area contributed by atoms with Crippen LogP contribution in [0.15, 0.2) is 40.9 Å². The Morgan fingerprint density at radius 2 is 1.91 bits per heavy atom. The molecule has 0 saturated heterocycles. The molecule has 0 radical (unpaired) electrons. The Hall–Kier alpha value is -3.57. The van der Waals surface area contributed by atoms with E-state index in [1.54, 1.807) is 18.2 Å². The summed E-state index contributed by atoms with van der Waals surface area (Å²) in [6.07, 6.45) is -11.0. The molecule has 174 valence electrons. The SMILES string of the molecule is CC(Oc1ccc(-c2nc(-c3cccc4c3CCN4C=O)no2)cc1C(F)(F)F)C(F)(F)F. The van der Waals surface area contributed by atoms with Crippen LogP contribution in [-0.4, -0.2) is 35.4 Å². The van der Waals surface area contributed by atoms with Gasteiger partial charge in [0, 0.05) is 23.4 Å². The number of carbonyl (C=O) groups is 1. The van der Waals surface area contributed by atoms with E-state index in [-0.39, 0.29) is 17.3 Å². The van der Waals surface area contributed by atoms with Gasteiger partial charge in [-0.25, -0.2) is 0 Å². The Morgan fingerprint density at radius 3 is 2.58 bits per heavy atom. The number of carbonyl (C=O) groups excluding carboxylic acids is 1. The molecule has 1 amide bonds. The van der Waals surface area contributed by atoms with E-state index in [4.69, 9.17) is 4.52 Å². The van der Waals surface area contributed by atoms with Gasteiger partial charge in [-0.05, 0) is 43.2 Å². The zero-order valence-corrected chi connectivity index (χ0v) is 16.9. The van der Waals surface area contributed by atoms with Crippen molar-refractivity contribution in [2.45, 2.75) is 31.8 Å². The van der Waals surface area contributed by atoms with Crippen molar-refractivity contribution in [3.63, 3.8) is 0 Å². The molecule has 1 aliphatic heterocycles. The topological polar surface area (TPSA) is 68.5 Å². The molecular formula is C21H15F6N3O3. The van der Waals surface area contributed by atoms with Gasteiger partial charge in [0.05, 0.1) is 5.56 Å². The lowest BCUT2D eigenvalue weighted by molar-refractivity contribution is -0.191. The van der Waals surface area contributed by atoms with Gasteiger partial charge in [0.2, 0.25) is 12.2 Å². The minimum Gasteiger partial charge on any atom is -0.481 e. The summed E-state index contributed by atoms with van der Waals surface area (Å²) in [4.78, 5) is 16.8. The summed E-state index contributed by atoms with van der Waals surface area (Å²) in [5.74, 6) is -1.12. The van der Waals surface area contributed by atoms with E-state index in [0.717, 1.165) is 17.7 Å². The summed E-state index contributed by atoms with van der Waals surface area (Å²) < 4.78 is 88.5. The average Bonchev–Trinajstić information content (AvgIpc) is 3.39. The van der Waals surface area contributed by atoms with Gasteiger partial charge >= 0.3 is 12.4 Å². The van der Waals surface area contributed by atoms with Crippen LogP contribution in [-0.2, 0) is 17.4 Å². The summed E-state index contributed by atoms with van der Waals surface area (Å²) >= 11 is 0. The lowest BCUT2D eigenvalue weighted by Gasteiger charge is -2.20. The highest BCUT2D eigenvalue weighted by atomic mass is 19.4. The Kier molecular flexibility index (Phi) is 5.54. The molecule has 0 N–H and O–H groups in total. The van der Waals surface area contributed by atoms with E-state index < -0.39 is 29.8 Å². The van der Waals surface area contributed by atoms with Gasteiger partial charge in [0.15, 0.2) is 6.10 Å². The summed E-state index contributed by atoms with van der Waals surface area (Å²) in [6.45, 7) is 1.08. The van der Waals surface area contributed by atoms with E-state index in [9.17, 15) is 31.1 Å². The molecule has 1 aliphatic rings. The van der Waals surface area contributed by atoms with Crippen molar-refractivity contribution in [1.82, 2.24) is 10.1 Å². The van der Waals surface area contributed by atoms with Crippen molar-refractivity contribution >= 4 is 12.1 Å². The van der Waals surface area contributed by atoms with Gasteiger partial charge < -0.3 is 14.2 Å². The predicted octanol–water partition coefficient (Wildman–Crippen LogP) is 5.27. The summed E-state index contributed by atoms with van der Waals surface area (Å²) in [5, 5.41) is 3.83. The van der Waals surface area contributed by atoms with Crippen molar-refractivity contribution in [2.24, 2.45) is 0 Å². The number of rotatable bonds is 5.